The summed E-state index contributed by atoms with van der Waals surface area (Å²) >= 11 is 1.75. The number of aryl methyl sites for hydroxylation is 1. The predicted octanol–water partition coefficient (Wildman–Crippen LogP) is 5.68. The molecule has 0 bridgehead atoms. The van der Waals surface area contributed by atoms with E-state index in [1.54, 1.807) is 18.9 Å². The minimum absolute atomic E-state index is 0.0782. The number of nitrogens with one attached hydrogen (secondary N) is 1. The largest absolute Gasteiger partial charge is 0.383 e. The smallest absolute Gasteiger partial charge is 0.251 e. The molecule has 152 valence electrons. The second-order valence-electron chi connectivity index (χ2n) is 7.17. The first kappa shape index (κ1) is 20.5. The van der Waals surface area contributed by atoms with Crippen molar-refractivity contribution in [3.8, 4) is 0 Å². The van der Waals surface area contributed by atoms with Crippen molar-refractivity contribution >= 4 is 29.3 Å². The highest BCUT2D eigenvalue weighted by Crippen LogP contribution is 2.43. The third kappa shape index (κ3) is 4.20. The normalized spacial score (nSPS) is 12.4. The molecule has 1 N–H and O–H groups in total. The van der Waals surface area contributed by atoms with Gasteiger partial charge >= 0.3 is 0 Å². The van der Waals surface area contributed by atoms with E-state index in [2.05, 4.69) is 66.8 Å². The van der Waals surface area contributed by atoms with Gasteiger partial charge in [-0.2, -0.15) is 0 Å². The summed E-state index contributed by atoms with van der Waals surface area (Å²) in [5.74, 6) is -0.0782. The van der Waals surface area contributed by atoms with E-state index in [0.717, 1.165) is 16.9 Å². The molecule has 3 aromatic carbocycles. The molecule has 0 atom stereocenters. The average molecular weight is 416 g/mol. The van der Waals surface area contributed by atoms with Crippen LogP contribution in [0.1, 0.15) is 39.5 Å². The molecule has 3 aromatic rings. The van der Waals surface area contributed by atoms with Crippen molar-refractivity contribution in [2.75, 3.05) is 20.3 Å². The van der Waals surface area contributed by atoms with Gasteiger partial charge in [0.25, 0.3) is 5.91 Å². The molecule has 4 heteroatoms. The van der Waals surface area contributed by atoms with Gasteiger partial charge in [-0.05, 0) is 64.6 Å². The number of amides is 1. The molecule has 30 heavy (non-hydrogen) atoms. The molecule has 0 fully saturated rings. The van der Waals surface area contributed by atoms with Gasteiger partial charge in [0, 0.05) is 29.0 Å². The Bertz CT molecular complexity index is 1100. The van der Waals surface area contributed by atoms with Crippen LogP contribution in [0.4, 0.5) is 0 Å². The van der Waals surface area contributed by atoms with Gasteiger partial charge in [0.15, 0.2) is 0 Å². The minimum atomic E-state index is -0.0782. The van der Waals surface area contributed by atoms with Crippen molar-refractivity contribution in [2.45, 2.75) is 23.1 Å². The molecule has 0 unspecified atom stereocenters. The molecule has 0 saturated heterocycles. The fourth-order valence-corrected chi connectivity index (χ4v) is 4.75. The molecular weight excluding hydrogens is 390 g/mol. The summed E-state index contributed by atoms with van der Waals surface area (Å²) in [7, 11) is 1.63. The van der Waals surface area contributed by atoms with E-state index in [1.807, 2.05) is 18.2 Å². The number of rotatable bonds is 6. The maximum Gasteiger partial charge on any atom is 0.251 e. The highest BCUT2D eigenvalue weighted by atomic mass is 32.2. The van der Waals surface area contributed by atoms with E-state index in [9.17, 15) is 4.79 Å². The Labute approximate surface area is 182 Å². The van der Waals surface area contributed by atoms with Crippen LogP contribution in [0.3, 0.4) is 0 Å². The lowest BCUT2D eigenvalue weighted by molar-refractivity contribution is 0.0937. The molecule has 0 aromatic heterocycles. The highest BCUT2D eigenvalue weighted by Gasteiger charge is 2.19. The lowest BCUT2D eigenvalue weighted by Gasteiger charge is -2.14. The van der Waals surface area contributed by atoms with Crippen LogP contribution < -0.4 is 5.32 Å². The van der Waals surface area contributed by atoms with Crippen molar-refractivity contribution < 1.29 is 9.53 Å². The summed E-state index contributed by atoms with van der Waals surface area (Å²) in [6.07, 6.45) is 3.20. The van der Waals surface area contributed by atoms with Crippen molar-refractivity contribution in [1.29, 1.82) is 0 Å². The van der Waals surface area contributed by atoms with Crippen LogP contribution in [0.2, 0.25) is 0 Å². The van der Waals surface area contributed by atoms with Crippen molar-refractivity contribution in [3.05, 3.63) is 94.5 Å². The van der Waals surface area contributed by atoms with E-state index >= 15 is 0 Å². The van der Waals surface area contributed by atoms with E-state index < -0.39 is 0 Å². The Morgan fingerprint density at radius 3 is 2.53 bits per heavy atom. The third-order valence-electron chi connectivity index (χ3n) is 5.25. The Kier molecular flexibility index (Phi) is 6.36. The zero-order chi connectivity index (χ0) is 20.9. The van der Waals surface area contributed by atoms with E-state index in [4.69, 9.17) is 4.74 Å². The van der Waals surface area contributed by atoms with Gasteiger partial charge in [0.05, 0.1) is 6.61 Å². The number of hydrogen-bond donors (Lipinski definition) is 1. The average Bonchev–Trinajstić information content (AvgIpc) is 2.95. The lowest BCUT2D eigenvalue weighted by atomic mass is 9.91. The first-order valence-corrected chi connectivity index (χ1v) is 11.0. The number of benzene rings is 3. The molecule has 0 aliphatic carbocycles. The summed E-state index contributed by atoms with van der Waals surface area (Å²) in [5, 5.41) is 2.91. The molecule has 1 aliphatic heterocycles. The van der Waals surface area contributed by atoms with Crippen LogP contribution in [0.15, 0.2) is 76.5 Å². The summed E-state index contributed by atoms with van der Waals surface area (Å²) < 4.78 is 5.03. The maximum atomic E-state index is 12.6. The molecule has 0 saturated carbocycles. The second kappa shape index (κ2) is 9.33. The molecule has 1 amide bonds. The summed E-state index contributed by atoms with van der Waals surface area (Å²) in [5.41, 5.74) is 6.72. The molecule has 1 heterocycles. The van der Waals surface area contributed by atoms with E-state index in [0.29, 0.717) is 18.7 Å². The molecule has 0 spiro atoms. The third-order valence-corrected chi connectivity index (χ3v) is 6.42. The summed E-state index contributed by atoms with van der Waals surface area (Å²) in [6.45, 7) is 3.18. The second-order valence-corrected chi connectivity index (χ2v) is 8.25. The van der Waals surface area contributed by atoms with E-state index in [1.165, 1.54) is 27.2 Å². The molecule has 3 nitrogen and oxygen atoms in total. The fourth-order valence-electron chi connectivity index (χ4n) is 3.71. The quantitative estimate of drug-likeness (QED) is 0.412. The predicted molar refractivity (Wildman–Crippen MR) is 124 cm³/mol. The Balaban J connectivity index is 1.82. The van der Waals surface area contributed by atoms with E-state index in [-0.39, 0.29) is 5.91 Å². The van der Waals surface area contributed by atoms with Gasteiger partial charge in [-0.1, -0.05) is 61.2 Å². The SMILES string of the molecule is CCc1ccccc1C1=Cc2cc(C(=O)NCCOC)ccc2Sc2ccccc21. The number of methoxy groups -OCH3 is 1. The van der Waals surface area contributed by atoms with Gasteiger partial charge in [-0.25, -0.2) is 0 Å². The van der Waals surface area contributed by atoms with Gasteiger partial charge < -0.3 is 10.1 Å². The fraction of sp³-hybridized carbons (Fsp3) is 0.192. The molecule has 0 radical (unpaired) electrons. The number of hydrogen-bond acceptors (Lipinski definition) is 3. The van der Waals surface area contributed by atoms with Crippen LogP contribution in [-0.2, 0) is 11.2 Å². The van der Waals surface area contributed by atoms with Crippen molar-refractivity contribution in [3.63, 3.8) is 0 Å². The molecule has 4 rings (SSSR count). The lowest BCUT2D eigenvalue weighted by Crippen LogP contribution is -2.26. The van der Waals surface area contributed by atoms with Crippen LogP contribution in [-0.4, -0.2) is 26.2 Å². The zero-order valence-corrected chi connectivity index (χ0v) is 18.1. The van der Waals surface area contributed by atoms with Crippen LogP contribution in [0.25, 0.3) is 11.6 Å². The highest BCUT2D eigenvalue weighted by molar-refractivity contribution is 7.99. The van der Waals surface area contributed by atoms with Gasteiger partial charge in [-0.15, -0.1) is 0 Å². The Morgan fingerprint density at radius 2 is 1.73 bits per heavy atom. The van der Waals surface area contributed by atoms with Gasteiger partial charge in [0.1, 0.15) is 0 Å². The zero-order valence-electron chi connectivity index (χ0n) is 17.3. The summed E-state index contributed by atoms with van der Waals surface area (Å²) in [4.78, 5) is 14.9. The standard InChI is InChI=1S/C26H25NO2S/c1-3-18-8-4-5-9-21(18)23-17-20-16-19(26(28)27-14-15-29-2)12-13-24(20)30-25-11-7-6-10-22(23)25/h4-13,16-17H,3,14-15H2,1-2H3,(H,27,28). The number of carbonyl (C=O) groups excluding carboxylic acids is 1. The first-order valence-electron chi connectivity index (χ1n) is 10.2. The minimum Gasteiger partial charge on any atom is -0.383 e. The molecular formula is C26H25NO2S. The first-order chi connectivity index (χ1) is 14.7. The number of ether oxygens (including phenoxy) is 1. The Morgan fingerprint density at radius 1 is 0.967 bits per heavy atom. The summed E-state index contributed by atoms with van der Waals surface area (Å²) in [6, 6.07) is 23.0. The van der Waals surface area contributed by atoms with Crippen LogP contribution in [0, 0.1) is 0 Å². The maximum absolute atomic E-state index is 12.6. The molecule has 1 aliphatic rings. The number of fused-ring (bicyclic) bond motifs is 2. The van der Waals surface area contributed by atoms with Gasteiger partial charge in [0.2, 0.25) is 0 Å². The number of carbonyl (C=O) groups is 1. The topological polar surface area (TPSA) is 38.3 Å². The van der Waals surface area contributed by atoms with Crippen molar-refractivity contribution in [2.24, 2.45) is 0 Å². The van der Waals surface area contributed by atoms with Gasteiger partial charge in [-0.3, -0.25) is 4.79 Å². The Hall–Kier alpha value is -2.82. The van der Waals surface area contributed by atoms with Crippen LogP contribution >= 0.6 is 11.8 Å². The monoisotopic (exact) mass is 415 g/mol. The van der Waals surface area contributed by atoms with Crippen LogP contribution in [0.5, 0.6) is 0 Å². The van der Waals surface area contributed by atoms with Crippen molar-refractivity contribution in [1.82, 2.24) is 5.32 Å².